The van der Waals surface area contributed by atoms with Crippen LogP contribution in [0.3, 0.4) is 0 Å². The fourth-order valence-corrected chi connectivity index (χ4v) is 5.04. The molecule has 1 fully saturated rings. The molecule has 2 rings (SSSR count). The molecule has 1 unspecified atom stereocenters. The Morgan fingerprint density at radius 1 is 1.35 bits per heavy atom. The van der Waals surface area contributed by atoms with Gasteiger partial charge in [0.05, 0.1) is 4.90 Å². The first-order valence-corrected chi connectivity index (χ1v) is 9.16. The Kier molecular flexibility index (Phi) is 4.88. The number of sulfonamides is 1. The molecule has 1 atom stereocenters. The molecule has 0 aliphatic carbocycles. The van der Waals surface area contributed by atoms with E-state index in [9.17, 15) is 13.2 Å². The average Bonchev–Trinajstić information content (AvgIpc) is 2.47. The van der Waals surface area contributed by atoms with Gasteiger partial charge in [-0.1, -0.05) is 19.1 Å². The highest BCUT2D eigenvalue weighted by Gasteiger charge is 2.29. The van der Waals surface area contributed by atoms with Gasteiger partial charge in [0.25, 0.3) is 0 Å². The Bertz CT molecular complexity index is 581. The van der Waals surface area contributed by atoms with Gasteiger partial charge in [-0.15, -0.1) is 0 Å². The Balaban J connectivity index is 2.23. The second-order valence-electron chi connectivity index (χ2n) is 4.84. The molecule has 0 amide bonds. The molecule has 1 aromatic rings. The summed E-state index contributed by atoms with van der Waals surface area (Å²) in [4.78, 5) is 11.5. The van der Waals surface area contributed by atoms with Crippen molar-refractivity contribution in [2.24, 2.45) is 0 Å². The molecule has 0 saturated carbocycles. The van der Waals surface area contributed by atoms with Crippen LogP contribution in [0, 0.1) is 0 Å². The molecule has 4 nitrogen and oxygen atoms in total. The van der Waals surface area contributed by atoms with Gasteiger partial charge in [-0.3, -0.25) is 4.79 Å². The van der Waals surface area contributed by atoms with E-state index < -0.39 is 10.0 Å². The minimum absolute atomic E-state index is 0.0608. The topological polar surface area (TPSA) is 54.5 Å². The zero-order valence-corrected chi connectivity index (χ0v) is 13.3. The highest BCUT2D eigenvalue weighted by Crippen LogP contribution is 2.26. The summed E-state index contributed by atoms with van der Waals surface area (Å²) in [6.07, 6.45) is 0.972. The number of hydrogen-bond donors (Lipinski definition) is 0. The van der Waals surface area contributed by atoms with Crippen molar-refractivity contribution in [1.82, 2.24) is 4.31 Å². The summed E-state index contributed by atoms with van der Waals surface area (Å²) in [6.45, 7) is 4.67. The van der Waals surface area contributed by atoms with E-state index >= 15 is 0 Å². The number of carbonyl (C=O) groups excluding carboxylic acids is 1. The molecule has 20 heavy (non-hydrogen) atoms. The number of hydrogen-bond acceptors (Lipinski definition) is 4. The first-order valence-electron chi connectivity index (χ1n) is 6.68. The van der Waals surface area contributed by atoms with Crippen LogP contribution in [0.2, 0.25) is 0 Å². The van der Waals surface area contributed by atoms with E-state index in [1.807, 2.05) is 11.8 Å². The average molecular weight is 313 g/mol. The maximum absolute atomic E-state index is 12.6. The molecule has 0 radical (unpaired) electrons. The molecule has 1 heterocycles. The molecular weight excluding hydrogens is 294 g/mol. The van der Waals surface area contributed by atoms with E-state index in [0.29, 0.717) is 23.9 Å². The number of ketones is 1. The molecule has 6 heteroatoms. The summed E-state index contributed by atoms with van der Waals surface area (Å²) < 4.78 is 26.7. The third-order valence-corrected chi connectivity index (χ3v) is 6.71. The highest BCUT2D eigenvalue weighted by molar-refractivity contribution is 8.00. The monoisotopic (exact) mass is 313 g/mol. The van der Waals surface area contributed by atoms with Crippen LogP contribution in [-0.2, 0) is 10.0 Å². The Labute approximate surface area is 124 Å². The molecule has 110 valence electrons. The van der Waals surface area contributed by atoms with Gasteiger partial charge in [-0.05, 0) is 25.5 Å². The van der Waals surface area contributed by atoms with Crippen LogP contribution in [0.4, 0.5) is 0 Å². The smallest absolute Gasteiger partial charge is 0.243 e. The lowest BCUT2D eigenvalue weighted by molar-refractivity contribution is 0.101. The van der Waals surface area contributed by atoms with Crippen LogP contribution < -0.4 is 0 Å². The minimum atomic E-state index is -3.44. The number of benzene rings is 1. The molecule has 1 saturated heterocycles. The van der Waals surface area contributed by atoms with Gasteiger partial charge in [0.2, 0.25) is 10.0 Å². The fourth-order valence-electron chi connectivity index (χ4n) is 2.17. The molecule has 0 bridgehead atoms. The van der Waals surface area contributed by atoms with Gasteiger partial charge in [0, 0.05) is 29.7 Å². The van der Waals surface area contributed by atoms with Gasteiger partial charge in [-0.2, -0.15) is 16.1 Å². The van der Waals surface area contributed by atoms with Crippen LogP contribution in [0.15, 0.2) is 29.2 Å². The van der Waals surface area contributed by atoms with Crippen LogP contribution in [0.1, 0.15) is 30.6 Å². The molecule has 1 aromatic carbocycles. The third kappa shape index (κ3) is 3.24. The fraction of sp³-hybridized carbons (Fsp3) is 0.500. The number of Topliss-reactive ketones (excluding diaryl/α,β-unsaturated/α-hetero) is 1. The second kappa shape index (κ2) is 6.28. The Morgan fingerprint density at radius 2 is 2.00 bits per heavy atom. The van der Waals surface area contributed by atoms with Crippen LogP contribution in [0.5, 0.6) is 0 Å². The van der Waals surface area contributed by atoms with E-state index in [0.717, 1.165) is 12.2 Å². The van der Waals surface area contributed by atoms with Gasteiger partial charge < -0.3 is 0 Å². The zero-order valence-electron chi connectivity index (χ0n) is 11.7. The molecular formula is C14H19NO3S2. The maximum Gasteiger partial charge on any atom is 0.243 e. The van der Waals surface area contributed by atoms with E-state index in [1.54, 1.807) is 16.4 Å². The van der Waals surface area contributed by atoms with Crippen molar-refractivity contribution in [3.63, 3.8) is 0 Å². The number of rotatable bonds is 4. The molecule has 1 aliphatic heterocycles. The van der Waals surface area contributed by atoms with E-state index in [1.165, 1.54) is 19.1 Å². The summed E-state index contributed by atoms with van der Waals surface area (Å²) in [5, 5.41) is 0.370. The summed E-state index contributed by atoms with van der Waals surface area (Å²) in [6, 6.07) is 6.19. The lowest BCUT2D eigenvalue weighted by Gasteiger charge is -2.31. The van der Waals surface area contributed by atoms with Crippen LogP contribution >= 0.6 is 11.8 Å². The molecule has 0 spiro atoms. The Morgan fingerprint density at radius 3 is 2.55 bits per heavy atom. The standard InChI is InChI=1S/C14H19NO3S2/c1-3-13-10-15(8-9-19-13)20(17,18)14-6-4-12(5-7-14)11(2)16/h4-7,13H,3,8-10H2,1-2H3. The summed E-state index contributed by atoms with van der Waals surface area (Å²) in [5.41, 5.74) is 0.532. The number of nitrogens with zero attached hydrogens (tertiary/aromatic N) is 1. The minimum Gasteiger partial charge on any atom is -0.295 e. The van der Waals surface area contributed by atoms with Crippen molar-refractivity contribution in [3.05, 3.63) is 29.8 Å². The molecule has 1 aliphatic rings. The third-order valence-electron chi connectivity index (χ3n) is 3.46. The lowest BCUT2D eigenvalue weighted by atomic mass is 10.2. The van der Waals surface area contributed by atoms with Crippen LogP contribution in [0.25, 0.3) is 0 Å². The Hall–Kier alpha value is -0.850. The first kappa shape index (κ1) is 15.5. The zero-order chi connectivity index (χ0) is 14.8. The van der Waals surface area contributed by atoms with Crippen molar-refractivity contribution in [3.8, 4) is 0 Å². The predicted octanol–water partition coefficient (Wildman–Crippen LogP) is 2.41. The first-order chi connectivity index (χ1) is 9.45. The number of thioether (sulfide) groups is 1. The van der Waals surface area contributed by atoms with Crippen molar-refractivity contribution in [1.29, 1.82) is 0 Å². The quantitative estimate of drug-likeness (QED) is 0.801. The van der Waals surface area contributed by atoms with E-state index in [4.69, 9.17) is 0 Å². The largest absolute Gasteiger partial charge is 0.295 e. The predicted molar refractivity (Wildman–Crippen MR) is 81.7 cm³/mol. The summed E-state index contributed by atoms with van der Waals surface area (Å²) >= 11 is 1.83. The van der Waals surface area contributed by atoms with E-state index in [2.05, 4.69) is 6.92 Å². The normalized spacial score (nSPS) is 20.8. The van der Waals surface area contributed by atoms with Gasteiger partial charge >= 0.3 is 0 Å². The van der Waals surface area contributed by atoms with Crippen molar-refractivity contribution < 1.29 is 13.2 Å². The molecule has 0 aromatic heterocycles. The van der Waals surface area contributed by atoms with Gasteiger partial charge in [0.1, 0.15) is 0 Å². The lowest BCUT2D eigenvalue weighted by Crippen LogP contribution is -2.41. The van der Waals surface area contributed by atoms with Gasteiger partial charge in [0.15, 0.2) is 5.78 Å². The second-order valence-corrected chi connectivity index (χ2v) is 8.19. The summed E-state index contributed by atoms with van der Waals surface area (Å²) in [7, 11) is -3.44. The van der Waals surface area contributed by atoms with Crippen LogP contribution in [-0.4, -0.2) is 42.6 Å². The maximum atomic E-state index is 12.6. The number of carbonyl (C=O) groups is 1. The SMILES string of the molecule is CCC1CN(S(=O)(=O)c2ccc(C(C)=O)cc2)CCS1. The van der Waals surface area contributed by atoms with Gasteiger partial charge in [-0.25, -0.2) is 8.42 Å². The highest BCUT2D eigenvalue weighted by atomic mass is 32.2. The van der Waals surface area contributed by atoms with Crippen molar-refractivity contribution >= 4 is 27.6 Å². The van der Waals surface area contributed by atoms with E-state index in [-0.39, 0.29) is 10.7 Å². The molecule has 0 N–H and O–H groups in total. The summed E-state index contributed by atoms with van der Waals surface area (Å²) in [5.74, 6) is 0.776. The van der Waals surface area contributed by atoms with Crippen molar-refractivity contribution in [2.45, 2.75) is 30.4 Å². The van der Waals surface area contributed by atoms with Crippen molar-refractivity contribution in [2.75, 3.05) is 18.8 Å².